The maximum absolute atomic E-state index is 11.5. The van der Waals surface area contributed by atoms with Gasteiger partial charge in [0.25, 0.3) is 5.91 Å². The van der Waals surface area contributed by atoms with Crippen molar-refractivity contribution >= 4 is 11.8 Å². The van der Waals surface area contributed by atoms with E-state index >= 15 is 0 Å². The lowest BCUT2D eigenvalue weighted by Gasteiger charge is -2.13. The Morgan fingerprint density at radius 1 is 1.35 bits per heavy atom. The van der Waals surface area contributed by atoms with Gasteiger partial charge in [0, 0.05) is 19.5 Å². The lowest BCUT2D eigenvalue weighted by molar-refractivity contribution is -0.121. The molecule has 1 unspecified atom stereocenters. The minimum absolute atomic E-state index is 0.168. The average Bonchev–Trinajstić information content (AvgIpc) is 2.89. The van der Waals surface area contributed by atoms with E-state index in [2.05, 4.69) is 10.6 Å². The number of rotatable bonds is 8. The summed E-state index contributed by atoms with van der Waals surface area (Å²) in [4.78, 5) is 23.0. The molecule has 112 valence electrons. The van der Waals surface area contributed by atoms with Gasteiger partial charge < -0.3 is 20.2 Å². The van der Waals surface area contributed by atoms with E-state index in [4.69, 9.17) is 4.42 Å². The molecule has 0 fully saturated rings. The molecule has 6 heteroatoms. The highest BCUT2D eigenvalue weighted by Crippen LogP contribution is 2.03. The molecule has 1 atom stereocenters. The molecule has 6 nitrogen and oxygen atoms in total. The summed E-state index contributed by atoms with van der Waals surface area (Å²) in [6.45, 7) is 4.49. The van der Waals surface area contributed by atoms with Gasteiger partial charge in [0.2, 0.25) is 5.91 Å². The van der Waals surface area contributed by atoms with E-state index in [0.29, 0.717) is 12.3 Å². The van der Waals surface area contributed by atoms with Crippen molar-refractivity contribution in [2.24, 2.45) is 5.92 Å². The number of hydrogen-bond acceptors (Lipinski definition) is 4. The number of nitrogens with one attached hydrogen (secondary N) is 2. The fourth-order valence-electron chi connectivity index (χ4n) is 1.73. The van der Waals surface area contributed by atoms with Crippen molar-refractivity contribution in [1.82, 2.24) is 10.6 Å². The zero-order valence-corrected chi connectivity index (χ0v) is 11.9. The maximum Gasteiger partial charge on any atom is 0.286 e. The van der Waals surface area contributed by atoms with Crippen molar-refractivity contribution < 1.29 is 19.1 Å². The zero-order chi connectivity index (χ0) is 15.0. The molecule has 0 aromatic carbocycles. The van der Waals surface area contributed by atoms with E-state index in [1.54, 1.807) is 12.1 Å². The number of carbonyl (C=O) groups is 2. The second kappa shape index (κ2) is 8.37. The van der Waals surface area contributed by atoms with E-state index < -0.39 is 6.10 Å². The molecular weight excluding hydrogens is 260 g/mol. The van der Waals surface area contributed by atoms with Gasteiger partial charge in [-0.05, 0) is 24.5 Å². The highest BCUT2D eigenvalue weighted by molar-refractivity contribution is 5.91. The third kappa shape index (κ3) is 6.38. The first-order valence-electron chi connectivity index (χ1n) is 6.75. The topological polar surface area (TPSA) is 91.6 Å². The molecule has 0 saturated carbocycles. The molecule has 0 spiro atoms. The largest absolute Gasteiger partial charge is 0.459 e. The predicted octanol–water partition coefficient (Wildman–Crippen LogP) is 0.923. The summed E-state index contributed by atoms with van der Waals surface area (Å²) in [6, 6.07) is 3.18. The van der Waals surface area contributed by atoms with Gasteiger partial charge in [-0.15, -0.1) is 0 Å². The maximum atomic E-state index is 11.5. The molecule has 0 aliphatic heterocycles. The van der Waals surface area contributed by atoms with Crippen LogP contribution in [0.1, 0.15) is 37.2 Å². The highest BCUT2D eigenvalue weighted by Gasteiger charge is 2.10. The van der Waals surface area contributed by atoms with Crippen molar-refractivity contribution in [3.63, 3.8) is 0 Å². The molecule has 1 aromatic heterocycles. The monoisotopic (exact) mass is 282 g/mol. The fourth-order valence-corrected chi connectivity index (χ4v) is 1.73. The standard InChI is InChI=1S/C14H22N2O4/c1-10(2)8-11(17)9-16-13(18)5-6-15-14(19)12-4-3-7-20-12/h3-4,7,10-11,17H,5-6,8-9H2,1-2H3,(H,15,19)(H,16,18). The van der Waals surface area contributed by atoms with Crippen LogP contribution < -0.4 is 10.6 Å². The molecule has 1 aromatic rings. The van der Waals surface area contributed by atoms with E-state index in [0.717, 1.165) is 0 Å². The van der Waals surface area contributed by atoms with Crippen molar-refractivity contribution in [1.29, 1.82) is 0 Å². The van der Waals surface area contributed by atoms with Crippen molar-refractivity contribution in [2.45, 2.75) is 32.8 Å². The quantitative estimate of drug-likeness (QED) is 0.661. The van der Waals surface area contributed by atoms with Crippen molar-refractivity contribution in [3.05, 3.63) is 24.2 Å². The van der Waals surface area contributed by atoms with Gasteiger partial charge in [0.05, 0.1) is 12.4 Å². The fraction of sp³-hybridized carbons (Fsp3) is 0.571. The van der Waals surface area contributed by atoms with Crippen molar-refractivity contribution in [2.75, 3.05) is 13.1 Å². The van der Waals surface area contributed by atoms with Gasteiger partial charge in [0.1, 0.15) is 0 Å². The number of aliphatic hydroxyl groups is 1. The summed E-state index contributed by atoms with van der Waals surface area (Å²) in [5.74, 6) is 0.0578. The van der Waals surface area contributed by atoms with Crippen LogP contribution in [0.3, 0.4) is 0 Å². The van der Waals surface area contributed by atoms with Crippen LogP contribution in [-0.2, 0) is 4.79 Å². The van der Waals surface area contributed by atoms with E-state index in [1.165, 1.54) is 6.26 Å². The Labute approximate surface area is 118 Å². The Hall–Kier alpha value is -1.82. The normalized spacial score (nSPS) is 12.2. The van der Waals surface area contributed by atoms with Gasteiger partial charge in [-0.25, -0.2) is 0 Å². The Balaban J connectivity index is 2.13. The molecule has 20 heavy (non-hydrogen) atoms. The minimum atomic E-state index is -0.531. The van der Waals surface area contributed by atoms with E-state index in [1.807, 2.05) is 13.8 Å². The number of amides is 2. The molecule has 0 bridgehead atoms. The molecule has 3 N–H and O–H groups in total. The van der Waals surface area contributed by atoms with Crippen LogP contribution >= 0.6 is 0 Å². The summed E-state index contributed by atoms with van der Waals surface area (Å²) >= 11 is 0. The van der Waals surface area contributed by atoms with Crippen LogP contribution in [0.25, 0.3) is 0 Å². The van der Waals surface area contributed by atoms with Crippen molar-refractivity contribution in [3.8, 4) is 0 Å². The third-order valence-corrected chi connectivity index (χ3v) is 2.66. The van der Waals surface area contributed by atoms with Crippen LogP contribution in [0.2, 0.25) is 0 Å². The van der Waals surface area contributed by atoms with Gasteiger partial charge in [-0.3, -0.25) is 9.59 Å². The first-order valence-corrected chi connectivity index (χ1v) is 6.75. The number of aliphatic hydroxyl groups excluding tert-OH is 1. The third-order valence-electron chi connectivity index (χ3n) is 2.66. The number of hydrogen-bond donors (Lipinski definition) is 3. The Bertz CT molecular complexity index is 415. The highest BCUT2D eigenvalue weighted by atomic mass is 16.3. The van der Waals surface area contributed by atoms with Gasteiger partial charge in [0.15, 0.2) is 5.76 Å². The zero-order valence-electron chi connectivity index (χ0n) is 11.9. The number of furan rings is 1. The van der Waals surface area contributed by atoms with Crippen LogP contribution in [0.15, 0.2) is 22.8 Å². The Kier molecular flexibility index (Phi) is 6.79. The van der Waals surface area contributed by atoms with Gasteiger partial charge >= 0.3 is 0 Å². The molecular formula is C14H22N2O4. The second-order valence-electron chi connectivity index (χ2n) is 5.07. The summed E-state index contributed by atoms with van der Waals surface area (Å²) in [7, 11) is 0. The molecule has 0 aliphatic rings. The van der Waals surface area contributed by atoms with E-state index in [9.17, 15) is 14.7 Å². The van der Waals surface area contributed by atoms with Gasteiger partial charge in [-0.1, -0.05) is 13.8 Å². The molecule has 0 aliphatic carbocycles. The molecule has 0 saturated heterocycles. The van der Waals surface area contributed by atoms with Crippen LogP contribution in [0, 0.1) is 5.92 Å². The summed E-state index contributed by atoms with van der Waals surface area (Å²) < 4.78 is 4.92. The molecule has 1 rings (SSSR count). The molecule has 0 radical (unpaired) electrons. The minimum Gasteiger partial charge on any atom is -0.459 e. The molecule has 2 amide bonds. The van der Waals surface area contributed by atoms with Gasteiger partial charge in [-0.2, -0.15) is 0 Å². The lowest BCUT2D eigenvalue weighted by Crippen LogP contribution is -2.35. The van der Waals surface area contributed by atoms with Crippen LogP contribution in [0.5, 0.6) is 0 Å². The SMILES string of the molecule is CC(C)CC(O)CNC(=O)CCNC(=O)c1ccco1. The second-order valence-corrected chi connectivity index (χ2v) is 5.07. The summed E-state index contributed by atoms with van der Waals surface area (Å²) in [5, 5.41) is 14.8. The summed E-state index contributed by atoms with van der Waals surface area (Å²) in [5.41, 5.74) is 0. The van der Waals surface area contributed by atoms with Crippen LogP contribution in [0.4, 0.5) is 0 Å². The first-order chi connectivity index (χ1) is 9.49. The smallest absolute Gasteiger partial charge is 0.286 e. The Morgan fingerprint density at radius 3 is 2.70 bits per heavy atom. The summed E-state index contributed by atoms with van der Waals surface area (Å²) in [6.07, 6.45) is 1.70. The van der Waals surface area contributed by atoms with E-state index in [-0.39, 0.29) is 37.1 Å². The molecule has 1 heterocycles. The first kappa shape index (κ1) is 16.2. The Morgan fingerprint density at radius 2 is 2.10 bits per heavy atom. The lowest BCUT2D eigenvalue weighted by atomic mass is 10.1. The predicted molar refractivity (Wildman–Crippen MR) is 74.1 cm³/mol. The van der Waals surface area contributed by atoms with Crippen LogP contribution in [-0.4, -0.2) is 36.1 Å². The number of carbonyl (C=O) groups excluding carboxylic acids is 2. The average molecular weight is 282 g/mol.